The van der Waals surface area contributed by atoms with Crippen molar-refractivity contribution >= 4 is 60.4 Å². The van der Waals surface area contributed by atoms with Gasteiger partial charge in [0.1, 0.15) is 0 Å². The van der Waals surface area contributed by atoms with Crippen LogP contribution in [0.15, 0.2) is 23.7 Å². The molecule has 0 unspecified atom stereocenters. The number of ketones is 2. The van der Waals surface area contributed by atoms with Gasteiger partial charge in [-0.05, 0) is 26.0 Å². The monoisotopic (exact) mass is 336 g/mol. The Kier molecular flexibility index (Phi) is 16.4. The third-order valence-corrected chi connectivity index (χ3v) is 0.813. The second-order valence-corrected chi connectivity index (χ2v) is 2.73. The van der Waals surface area contributed by atoms with E-state index in [1.807, 2.05) is 0 Å². The molecule has 0 aromatic rings. The van der Waals surface area contributed by atoms with Crippen molar-refractivity contribution in [2.24, 2.45) is 0 Å². The number of rotatable bonds is 2. The molecule has 0 aliphatic rings. The second-order valence-electron chi connectivity index (χ2n) is 2.73. The molecule has 0 bridgehead atoms. The van der Waals surface area contributed by atoms with Crippen LogP contribution in [0.2, 0.25) is 0 Å². The molecule has 80 valence electrons. The summed E-state index contributed by atoms with van der Waals surface area (Å²) in [5.41, 5.74) is 0. The zero-order valence-corrected chi connectivity index (χ0v) is 13.9. The van der Waals surface area contributed by atoms with E-state index < -0.39 is 0 Å². The van der Waals surface area contributed by atoms with Crippen molar-refractivity contribution in [2.45, 2.75) is 27.7 Å². The maximum atomic E-state index is 9.98. The third kappa shape index (κ3) is 31.5. The average molecular weight is 336 g/mol. The van der Waals surface area contributed by atoms with Gasteiger partial charge < -0.3 is 10.2 Å². The van der Waals surface area contributed by atoms with Crippen molar-refractivity contribution in [2.75, 3.05) is 0 Å². The first-order chi connectivity index (χ1) is 6.25. The van der Waals surface area contributed by atoms with Gasteiger partial charge >= 0.3 is 48.9 Å². The fraction of sp³-hybridized carbons (Fsp3) is 0.400. The second kappa shape index (κ2) is 12.1. The number of allylic oxidation sites excluding steroid dienone is 4. The number of hydrogen-bond acceptors (Lipinski definition) is 4. The molecule has 0 aliphatic heterocycles. The standard InChI is InChI=1S/2C5H8O2.Ba/c2*1-4(6)3-5(2)7;/h2*3,6H,1-2H3;/q;;+2/p-2. The molecule has 0 N–H and O–H groups in total. The van der Waals surface area contributed by atoms with Crippen LogP contribution in [-0.4, -0.2) is 60.4 Å². The minimum atomic E-state index is -0.187. The van der Waals surface area contributed by atoms with Crippen LogP contribution in [0, 0.1) is 0 Å². The summed E-state index contributed by atoms with van der Waals surface area (Å²) in [6.07, 6.45) is 2.11. The van der Waals surface area contributed by atoms with Crippen molar-refractivity contribution in [3.05, 3.63) is 23.7 Å². The van der Waals surface area contributed by atoms with Crippen LogP contribution in [0.5, 0.6) is 0 Å². The first-order valence-electron chi connectivity index (χ1n) is 3.97. The molecule has 0 rings (SSSR count). The van der Waals surface area contributed by atoms with E-state index in [1.54, 1.807) is 0 Å². The molecule has 15 heavy (non-hydrogen) atoms. The third-order valence-electron chi connectivity index (χ3n) is 0.813. The first-order valence-corrected chi connectivity index (χ1v) is 3.97. The zero-order valence-electron chi connectivity index (χ0n) is 9.49. The minimum absolute atomic E-state index is 0. The molecule has 0 amide bonds. The van der Waals surface area contributed by atoms with Crippen LogP contribution >= 0.6 is 0 Å². The normalized spacial score (nSPS) is 10.7. The van der Waals surface area contributed by atoms with Gasteiger partial charge in [0, 0.05) is 0 Å². The predicted octanol–water partition coefficient (Wildman–Crippen LogP) is -0.702. The molecule has 5 heteroatoms. The van der Waals surface area contributed by atoms with E-state index in [2.05, 4.69) is 0 Å². The zero-order chi connectivity index (χ0) is 11.7. The Morgan fingerprint density at radius 1 is 0.800 bits per heavy atom. The molecule has 0 aliphatic carbocycles. The topological polar surface area (TPSA) is 80.3 Å². The van der Waals surface area contributed by atoms with Crippen LogP contribution in [0.4, 0.5) is 0 Å². The minimum Gasteiger partial charge on any atom is -0.876 e. The van der Waals surface area contributed by atoms with Crippen molar-refractivity contribution in [1.82, 2.24) is 0 Å². The van der Waals surface area contributed by atoms with Gasteiger partial charge in [-0.25, -0.2) is 0 Å². The smallest absolute Gasteiger partial charge is 0.876 e. The van der Waals surface area contributed by atoms with Gasteiger partial charge in [-0.3, -0.25) is 9.59 Å². The summed E-state index contributed by atoms with van der Waals surface area (Å²) >= 11 is 0. The van der Waals surface area contributed by atoms with E-state index in [4.69, 9.17) is 0 Å². The molecule has 0 aromatic heterocycles. The largest absolute Gasteiger partial charge is 2.00 e. The van der Waals surface area contributed by atoms with Crippen molar-refractivity contribution in [1.29, 1.82) is 0 Å². The Hall–Kier alpha value is -0.00857. The van der Waals surface area contributed by atoms with E-state index >= 15 is 0 Å². The number of carbonyl (C=O) groups excluding carboxylic acids is 2. The molecule has 0 saturated heterocycles. The Bertz CT molecular complexity index is 231. The molecular weight excluding hydrogens is 321 g/mol. The van der Waals surface area contributed by atoms with Gasteiger partial charge in [0.25, 0.3) is 0 Å². The van der Waals surface area contributed by atoms with E-state index in [-0.39, 0.29) is 72.0 Å². The van der Waals surface area contributed by atoms with Gasteiger partial charge in [0.05, 0.1) is 0 Å². The van der Waals surface area contributed by atoms with Gasteiger partial charge in [-0.2, -0.15) is 0 Å². The summed E-state index contributed by atoms with van der Waals surface area (Å²) in [5.74, 6) is -0.750. The van der Waals surface area contributed by atoms with E-state index in [0.29, 0.717) is 0 Å². The van der Waals surface area contributed by atoms with Crippen molar-refractivity contribution in [3.63, 3.8) is 0 Å². The summed E-state index contributed by atoms with van der Waals surface area (Å²) in [7, 11) is 0. The Morgan fingerprint density at radius 2 is 1.00 bits per heavy atom. The Labute approximate surface area is 130 Å². The summed E-state index contributed by atoms with van der Waals surface area (Å²) < 4.78 is 0. The van der Waals surface area contributed by atoms with E-state index in [0.717, 1.165) is 12.2 Å². The summed E-state index contributed by atoms with van der Waals surface area (Å²) in [6, 6.07) is 0. The van der Waals surface area contributed by atoms with Crippen LogP contribution in [0.25, 0.3) is 0 Å². The summed E-state index contributed by atoms with van der Waals surface area (Å²) in [6.45, 7) is 5.39. The molecule has 0 aromatic carbocycles. The first kappa shape index (κ1) is 20.4. The van der Waals surface area contributed by atoms with Gasteiger partial charge in [-0.15, -0.1) is 11.5 Å². The molecule has 4 nitrogen and oxygen atoms in total. The summed E-state index contributed by atoms with van der Waals surface area (Å²) in [4.78, 5) is 20.0. The molecule has 0 spiro atoms. The number of carbonyl (C=O) groups is 2. The molecule has 0 heterocycles. The predicted molar refractivity (Wildman–Crippen MR) is 54.6 cm³/mol. The maximum Gasteiger partial charge on any atom is 2.00 e. The summed E-state index contributed by atoms with van der Waals surface area (Å²) in [5, 5.41) is 20.0. The fourth-order valence-corrected chi connectivity index (χ4v) is 0.572. The Balaban J connectivity index is -0.000000180. The van der Waals surface area contributed by atoms with E-state index in [9.17, 15) is 19.8 Å². The average Bonchev–Trinajstić information content (AvgIpc) is 1.79. The van der Waals surface area contributed by atoms with Crippen LogP contribution in [0.1, 0.15) is 27.7 Å². The van der Waals surface area contributed by atoms with Crippen LogP contribution in [-0.2, 0) is 9.59 Å². The molecule has 0 saturated carbocycles. The maximum absolute atomic E-state index is 9.98. The van der Waals surface area contributed by atoms with Crippen LogP contribution in [0.3, 0.4) is 0 Å². The molecule has 0 radical (unpaired) electrons. The molecular formula is C10H14BaO4. The van der Waals surface area contributed by atoms with Crippen molar-refractivity contribution < 1.29 is 19.8 Å². The SMILES string of the molecule is CC(=O)C=C(C)[O-].CC(=O)C=C(C)[O-].[Ba+2]. The molecule has 0 fully saturated rings. The quantitative estimate of drug-likeness (QED) is 0.380. The van der Waals surface area contributed by atoms with Gasteiger partial charge in [0.15, 0.2) is 11.6 Å². The fourth-order valence-electron chi connectivity index (χ4n) is 0.572. The van der Waals surface area contributed by atoms with Crippen LogP contribution < -0.4 is 10.2 Å². The Morgan fingerprint density at radius 3 is 1.00 bits per heavy atom. The van der Waals surface area contributed by atoms with Gasteiger partial charge in [0.2, 0.25) is 0 Å². The molecule has 0 atom stereocenters. The number of hydrogen-bond donors (Lipinski definition) is 0. The van der Waals surface area contributed by atoms with Gasteiger partial charge in [-0.1, -0.05) is 13.8 Å². The van der Waals surface area contributed by atoms with Crippen molar-refractivity contribution in [3.8, 4) is 0 Å². The van der Waals surface area contributed by atoms with E-state index in [1.165, 1.54) is 27.7 Å².